The number of aromatic amines is 1. The van der Waals surface area contributed by atoms with Crippen LogP contribution in [-0.2, 0) is 5.41 Å². The molecule has 0 spiro atoms. The van der Waals surface area contributed by atoms with E-state index in [1.807, 2.05) is 24.4 Å². The predicted molar refractivity (Wildman–Crippen MR) is 87.8 cm³/mol. The average Bonchev–Trinajstić information content (AvgIpc) is 3.21. The number of nitrogens with zero attached hydrogens (tertiary/aromatic N) is 3. The van der Waals surface area contributed by atoms with Gasteiger partial charge in [-0.25, -0.2) is 9.37 Å². The average molecular weight is 323 g/mol. The molecule has 0 radical (unpaired) electrons. The van der Waals surface area contributed by atoms with Crippen LogP contribution in [0, 0.1) is 5.82 Å². The van der Waals surface area contributed by atoms with Crippen molar-refractivity contribution in [3.8, 4) is 0 Å². The molecule has 0 saturated heterocycles. The van der Waals surface area contributed by atoms with Crippen molar-refractivity contribution in [2.45, 2.75) is 24.3 Å². The van der Waals surface area contributed by atoms with Crippen molar-refractivity contribution >= 4 is 0 Å². The Kier molecular flexibility index (Phi) is 3.82. The van der Waals surface area contributed by atoms with Crippen LogP contribution in [-0.4, -0.2) is 26.7 Å². The molecule has 1 aromatic carbocycles. The topological polar surface area (TPSA) is 66.5 Å². The minimum atomic E-state index is -0.183. The summed E-state index contributed by atoms with van der Waals surface area (Å²) >= 11 is 0. The van der Waals surface area contributed by atoms with E-state index in [0.29, 0.717) is 0 Å². The Morgan fingerprint density at radius 2 is 2.17 bits per heavy atom. The third kappa shape index (κ3) is 2.92. The third-order valence-electron chi connectivity index (χ3n) is 4.66. The van der Waals surface area contributed by atoms with Gasteiger partial charge in [0.2, 0.25) is 0 Å². The summed E-state index contributed by atoms with van der Waals surface area (Å²) in [5.41, 5.74) is 2.07. The smallest absolute Gasteiger partial charge is 0.146 e. The van der Waals surface area contributed by atoms with Crippen LogP contribution in [0.2, 0.25) is 0 Å². The van der Waals surface area contributed by atoms with E-state index in [0.717, 1.165) is 36.3 Å². The molecule has 122 valence electrons. The molecule has 0 aliphatic heterocycles. The fourth-order valence-electron chi connectivity index (χ4n) is 3.11. The standard InChI is InChI=1S/C18H18FN5/c19-15-5-1-4-14(9-15)18(6-7-18)11-21-16(17-22-12-23-24-17)13-3-2-8-20-10-13/h1-5,8-10,12,16,21H,6-7,11H2,(H,22,23,24). The van der Waals surface area contributed by atoms with E-state index in [-0.39, 0.29) is 17.3 Å². The van der Waals surface area contributed by atoms with Crippen molar-refractivity contribution in [3.63, 3.8) is 0 Å². The van der Waals surface area contributed by atoms with Gasteiger partial charge in [0.25, 0.3) is 0 Å². The number of pyridine rings is 1. The lowest BCUT2D eigenvalue weighted by molar-refractivity contribution is 0.511. The molecule has 1 aliphatic carbocycles. The summed E-state index contributed by atoms with van der Waals surface area (Å²) in [7, 11) is 0. The normalized spacial score (nSPS) is 16.7. The van der Waals surface area contributed by atoms with Gasteiger partial charge >= 0.3 is 0 Å². The maximum absolute atomic E-state index is 13.6. The number of rotatable bonds is 6. The number of hydrogen-bond acceptors (Lipinski definition) is 4. The number of nitrogens with one attached hydrogen (secondary N) is 2. The van der Waals surface area contributed by atoms with Crippen LogP contribution in [0.3, 0.4) is 0 Å². The fraction of sp³-hybridized carbons (Fsp3) is 0.278. The van der Waals surface area contributed by atoms with Crippen molar-refractivity contribution in [2.75, 3.05) is 6.54 Å². The lowest BCUT2D eigenvalue weighted by atomic mass is 9.95. The van der Waals surface area contributed by atoms with Gasteiger partial charge in [-0.3, -0.25) is 10.1 Å². The quantitative estimate of drug-likeness (QED) is 0.732. The molecule has 1 atom stereocenters. The molecular weight excluding hydrogens is 305 g/mol. The molecule has 6 heteroatoms. The van der Waals surface area contributed by atoms with Crippen LogP contribution in [0.4, 0.5) is 4.39 Å². The highest BCUT2D eigenvalue weighted by Gasteiger charge is 2.44. The molecule has 1 fully saturated rings. The van der Waals surface area contributed by atoms with Crippen LogP contribution in [0.15, 0.2) is 55.1 Å². The first kappa shape index (κ1) is 15.0. The Bertz CT molecular complexity index is 799. The number of halogens is 1. The maximum atomic E-state index is 13.6. The first-order chi connectivity index (χ1) is 11.8. The molecule has 0 amide bonds. The Morgan fingerprint density at radius 3 is 2.83 bits per heavy atom. The van der Waals surface area contributed by atoms with E-state index < -0.39 is 0 Å². The molecule has 3 aromatic rings. The zero-order chi connectivity index (χ0) is 16.4. The van der Waals surface area contributed by atoms with Crippen LogP contribution >= 0.6 is 0 Å². The highest BCUT2D eigenvalue weighted by atomic mass is 19.1. The second-order valence-electron chi connectivity index (χ2n) is 6.26. The molecule has 1 unspecified atom stereocenters. The van der Waals surface area contributed by atoms with Gasteiger partial charge < -0.3 is 5.32 Å². The maximum Gasteiger partial charge on any atom is 0.146 e. The van der Waals surface area contributed by atoms with Gasteiger partial charge in [0, 0.05) is 24.4 Å². The lowest BCUT2D eigenvalue weighted by Crippen LogP contribution is -2.32. The van der Waals surface area contributed by atoms with Gasteiger partial charge in [0.1, 0.15) is 18.0 Å². The third-order valence-corrected chi connectivity index (χ3v) is 4.66. The number of hydrogen-bond donors (Lipinski definition) is 2. The van der Waals surface area contributed by atoms with Crippen molar-refractivity contribution < 1.29 is 4.39 Å². The van der Waals surface area contributed by atoms with E-state index in [9.17, 15) is 4.39 Å². The first-order valence-electron chi connectivity index (χ1n) is 8.01. The van der Waals surface area contributed by atoms with E-state index in [2.05, 4.69) is 25.5 Å². The Balaban J connectivity index is 1.56. The zero-order valence-electron chi connectivity index (χ0n) is 13.1. The summed E-state index contributed by atoms with van der Waals surface area (Å²) < 4.78 is 13.6. The van der Waals surface area contributed by atoms with Gasteiger partial charge in [-0.1, -0.05) is 18.2 Å². The molecule has 5 nitrogen and oxygen atoms in total. The molecule has 1 saturated carbocycles. The van der Waals surface area contributed by atoms with Crippen molar-refractivity contribution in [3.05, 3.63) is 77.9 Å². The Labute approximate surface area is 139 Å². The minimum absolute atomic E-state index is 0.00256. The number of H-pyrrole nitrogens is 1. The van der Waals surface area contributed by atoms with Crippen LogP contribution in [0.5, 0.6) is 0 Å². The van der Waals surface area contributed by atoms with Crippen molar-refractivity contribution in [1.82, 2.24) is 25.5 Å². The van der Waals surface area contributed by atoms with Gasteiger partial charge in [-0.2, -0.15) is 5.10 Å². The lowest BCUT2D eigenvalue weighted by Gasteiger charge is -2.22. The summed E-state index contributed by atoms with van der Waals surface area (Å²) in [5.74, 6) is 0.566. The highest BCUT2D eigenvalue weighted by molar-refractivity contribution is 5.33. The number of aromatic nitrogens is 4. The molecule has 2 aromatic heterocycles. The predicted octanol–water partition coefficient (Wildman–Crippen LogP) is 2.75. The molecule has 2 heterocycles. The SMILES string of the molecule is Fc1cccc(C2(CNC(c3cccnc3)c3ncn[nH]3)CC2)c1. The van der Waals surface area contributed by atoms with E-state index in [1.54, 1.807) is 18.3 Å². The summed E-state index contributed by atoms with van der Waals surface area (Å²) in [4.78, 5) is 8.48. The summed E-state index contributed by atoms with van der Waals surface area (Å²) in [6.45, 7) is 0.747. The molecule has 24 heavy (non-hydrogen) atoms. The number of benzene rings is 1. The summed E-state index contributed by atoms with van der Waals surface area (Å²) in [6.07, 6.45) is 7.18. The Morgan fingerprint density at radius 1 is 1.25 bits per heavy atom. The van der Waals surface area contributed by atoms with Crippen molar-refractivity contribution in [2.24, 2.45) is 0 Å². The fourth-order valence-corrected chi connectivity index (χ4v) is 3.11. The molecule has 4 rings (SSSR count). The largest absolute Gasteiger partial charge is 0.303 e. The second kappa shape index (κ2) is 6.13. The van der Waals surface area contributed by atoms with Crippen LogP contribution in [0.25, 0.3) is 0 Å². The van der Waals surface area contributed by atoms with Crippen molar-refractivity contribution in [1.29, 1.82) is 0 Å². The molecule has 0 bridgehead atoms. The zero-order valence-corrected chi connectivity index (χ0v) is 13.1. The van der Waals surface area contributed by atoms with E-state index >= 15 is 0 Å². The molecule has 1 aliphatic rings. The molecular formula is C18H18FN5. The van der Waals surface area contributed by atoms with Crippen LogP contribution in [0.1, 0.15) is 35.8 Å². The first-order valence-corrected chi connectivity index (χ1v) is 8.01. The van der Waals surface area contributed by atoms with Gasteiger partial charge in [-0.05, 0) is 42.2 Å². The van der Waals surface area contributed by atoms with Gasteiger partial charge in [0.05, 0.1) is 6.04 Å². The second-order valence-corrected chi connectivity index (χ2v) is 6.26. The van der Waals surface area contributed by atoms with E-state index in [1.165, 1.54) is 12.4 Å². The van der Waals surface area contributed by atoms with Gasteiger partial charge in [0.15, 0.2) is 0 Å². The van der Waals surface area contributed by atoms with E-state index in [4.69, 9.17) is 0 Å². The monoisotopic (exact) mass is 323 g/mol. The Hall–Kier alpha value is -2.60. The highest BCUT2D eigenvalue weighted by Crippen LogP contribution is 2.48. The van der Waals surface area contributed by atoms with Gasteiger partial charge in [-0.15, -0.1) is 0 Å². The minimum Gasteiger partial charge on any atom is -0.303 e. The molecule has 2 N–H and O–H groups in total. The summed E-state index contributed by atoms with van der Waals surface area (Å²) in [5, 5.41) is 10.4. The van der Waals surface area contributed by atoms with Crippen LogP contribution < -0.4 is 5.32 Å². The summed E-state index contributed by atoms with van der Waals surface area (Å²) in [6, 6.07) is 10.7.